The van der Waals surface area contributed by atoms with E-state index in [1.807, 2.05) is 62.4 Å². The second-order valence-electron chi connectivity index (χ2n) is 8.67. The molecule has 192 valence electrons. The topological polar surface area (TPSA) is 106 Å². The molecule has 4 atom stereocenters. The Labute approximate surface area is 219 Å². The number of thioether (sulfide) groups is 1. The molecular weight excluding hydrogens is 496 g/mol. The van der Waals surface area contributed by atoms with Crippen molar-refractivity contribution in [2.24, 2.45) is 5.92 Å². The Hall–Kier alpha value is -2.50. The molecule has 1 fully saturated rings. The van der Waals surface area contributed by atoms with Gasteiger partial charge in [0, 0.05) is 30.3 Å². The van der Waals surface area contributed by atoms with Gasteiger partial charge in [0.25, 0.3) is 0 Å². The molecule has 2 amide bonds. The Bertz CT molecular complexity index is 1120. The molecule has 1 aliphatic rings. The van der Waals surface area contributed by atoms with Crippen molar-refractivity contribution in [2.45, 2.75) is 56.8 Å². The summed E-state index contributed by atoms with van der Waals surface area (Å²) < 4.78 is 13.9. The molecule has 3 N–H and O–H groups in total. The van der Waals surface area contributed by atoms with Gasteiger partial charge in [-0.05, 0) is 30.5 Å². The number of hydrogen-bond acceptors (Lipinski definition) is 8. The number of hydrogen-bond donors (Lipinski definition) is 3. The number of benzene rings is 2. The number of ether oxygens (including phenoxy) is 2. The van der Waals surface area contributed by atoms with Crippen molar-refractivity contribution in [3.8, 4) is 0 Å². The number of carbonyl (C=O) groups excluding carboxylic acids is 1. The maximum absolute atomic E-state index is 11.7. The van der Waals surface area contributed by atoms with Crippen LogP contribution in [0.15, 0.2) is 52.9 Å². The average molecular weight is 529 g/mol. The van der Waals surface area contributed by atoms with Crippen LogP contribution in [0.3, 0.4) is 0 Å². The lowest BCUT2D eigenvalue weighted by molar-refractivity contribution is -0.268. The normalized spacial score (nSPS) is 21.8. The molecule has 0 saturated carbocycles. The second kappa shape index (κ2) is 12.6. The number of carbonyl (C=O) groups is 1. The molecule has 0 spiro atoms. The lowest BCUT2D eigenvalue weighted by Crippen LogP contribution is -2.38. The molecule has 0 radical (unpaired) electrons. The van der Waals surface area contributed by atoms with E-state index in [1.165, 1.54) is 0 Å². The fraction of sp³-hybridized carbons (Fsp3) is 0.423. The first-order valence-electron chi connectivity index (χ1n) is 12.0. The van der Waals surface area contributed by atoms with Crippen LogP contribution in [0.2, 0.25) is 0 Å². The molecule has 36 heavy (non-hydrogen) atoms. The van der Waals surface area contributed by atoms with Crippen LogP contribution in [0.25, 0.3) is 0 Å². The summed E-state index contributed by atoms with van der Waals surface area (Å²) in [6, 6.07) is 15.6. The highest BCUT2D eigenvalue weighted by molar-refractivity contribution is 8.01. The number of amides is 2. The molecule has 2 aromatic carbocycles. The summed E-state index contributed by atoms with van der Waals surface area (Å²) in [7, 11) is 0. The molecule has 3 aromatic rings. The quantitative estimate of drug-likeness (QED) is 0.345. The fourth-order valence-corrected chi connectivity index (χ4v) is 6.00. The zero-order chi connectivity index (χ0) is 25.5. The minimum absolute atomic E-state index is 0.00886. The van der Waals surface area contributed by atoms with Crippen LogP contribution in [-0.4, -0.2) is 39.7 Å². The maximum Gasteiger partial charge on any atom is 0.315 e. The van der Waals surface area contributed by atoms with E-state index in [0.717, 1.165) is 37.4 Å². The van der Waals surface area contributed by atoms with Crippen LogP contribution in [0.4, 0.5) is 4.79 Å². The molecule has 8 nitrogen and oxygen atoms in total. The van der Waals surface area contributed by atoms with E-state index >= 15 is 0 Å². The summed E-state index contributed by atoms with van der Waals surface area (Å²) in [4.78, 5) is 11.7. The molecular formula is C26H32N4O4S2. The third-order valence-corrected chi connectivity index (χ3v) is 8.10. The van der Waals surface area contributed by atoms with Crippen LogP contribution in [0, 0.1) is 12.8 Å². The van der Waals surface area contributed by atoms with Crippen molar-refractivity contribution >= 4 is 29.1 Å². The van der Waals surface area contributed by atoms with Gasteiger partial charge in [0.1, 0.15) is 5.01 Å². The third kappa shape index (κ3) is 6.83. The molecule has 0 bridgehead atoms. The molecule has 1 saturated heterocycles. The number of aliphatic hydroxyl groups excluding tert-OH is 1. The Balaban J connectivity index is 1.50. The molecule has 2 heterocycles. The molecule has 0 aliphatic carbocycles. The highest BCUT2D eigenvalue weighted by atomic mass is 32.2. The van der Waals surface area contributed by atoms with E-state index in [2.05, 4.69) is 27.8 Å². The smallest absolute Gasteiger partial charge is 0.315 e. The number of aryl methyl sites for hydroxylation is 1. The summed E-state index contributed by atoms with van der Waals surface area (Å²) in [6.45, 7) is 7.01. The number of nitrogens with zero attached hydrogens (tertiary/aromatic N) is 2. The molecule has 10 heteroatoms. The van der Waals surface area contributed by atoms with Gasteiger partial charge in [0.05, 0.1) is 18.8 Å². The van der Waals surface area contributed by atoms with E-state index in [-0.39, 0.29) is 30.8 Å². The molecule has 4 unspecified atom stereocenters. The minimum Gasteiger partial charge on any atom is -0.392 e. The van der Waals surface area contributed by atoms with Crippen molar-refractivity contribution in [1.82, 2.24) is 20.8 Å². The van der Waals surface area contributed by atoms with E-state index in [0.29, 0.717) is 13.1 Å². The summed E-state index contributed by atoms with van der Waals surface area (Å²) in [5, 5.41) is 24.3. The van der Waals surface area contributed by atoms with Crippen LogP contribution in [0.1, 0.15) is 53.5 Å². The summed E-state index contributed by atoms with van der Waals surface area (Å²) in [6.07, 6.45) is -0.771. The van der Waals surface area contributed by atoms with Crippen molar-refractivity contribution in [1.29, 1.82) is 0 Å². The summed E-state index contributed by atoms with van der Waals surface area (Å²) >= 11 is 3.24. The zero-order valence-electron chi connectivity index (χ0n) is 20.6. The van der Waals surface area contributed by atoms with E-state index in [9.17, 15) is 9.90 Å². The average Bonchev–Trinajstić information content (AvgIpc) is 3.32. The first kappa shape index (κ1) is 26.6. The van der Waals surface area contributed by atoms with Crippen molar-refractivity contribution in [3.05, 3.63) is 75.8 Å². The Morgan fingerprint density at radius 3 is 2.36 bits per heavy atom. The number of rotatable bonds is 9. The van der Waals surface area contributed by atoms with Gasteiger partial charge in [-0.1, -0.05) is 78.6 Å². The van der Waals surface area contributed by atoms with Crippen LogP contribution >= 0.6 is 23.1 Å². The van der Waals surface area contributed by atoms with E-state index in [1.54, 1.807) is 23.1 Å². The lowest BCUT2D eigenvalue weighted by Gasteiger charge is -2.41. The predicted molar refractivity (Wildman–Crippen MR) is 141 cm³/mol. The summed E-state index contributed by atoms with van der Waals surface area (Å²) in [5.74, 6) is 0.832. The SMILES string of the molecule is CCNC(=O)NCc1ccc(C2OC(CSc3nnc(C)s3)C(C)C(c3ccc(CO)cc3)O2)cc1. The second-order valence-corrected chi connectivity index (χ2v) is 11.1. The third-order valence-electron chi connectivity index (χ3n) is 6.04. The first-order valence-corrected chi connectivity index (χ1v) is 13.8. The van der Waals surface area contributed by atoms with Crippen molar-refractivity contribution in [2.75, 3.05) is 12.3 Å². The minimum atomic E-state index is -0.532. The number of aromatic nitrogens is 2. The van der Waals surface area contributed by atoms with Crippen LogP contribution in [-0.2, 0) is 22.6 Å². The summed E-state index contributed by atoms with van der Waals surface area (Å²) in [5.41, 5.74) is 3.83. The van der Waals surface area contributed by atoms with Gasteiger partial charge in [-0.3, -0.25) is 0 Å². The van der Waals surface area contributed by atoms with Gasteiger partial charge < -0.3 is 25.2 Å². The van der Waals surface area contributed by atoms with Gasteiger partial charge in [-0.2, -0.15) is 0 Å². The Kier molecular flexibility index (Phi) is 9.33. The number of nitrogens with one attached hydrogen (secondary N) is 2. The highest BCUT2D eigenvalue weighted by Gasteiger charge is 2.38. The van der Waals surface area contributed by atoms with Crippen LogP contribution < -0.4 is 10.6 Å². The van der Waals surface area contributed by atoms with Gasteiger partial charge in [0.15, 0.2) is 10.6 Å². The highest BCUT2D eigenvalue weighted by Crippen LogP contribution is 2.43. The zero-order valence-corrected chi connectivity index (χ0v) is 22.3. The van der Waals surface area contributed by atoms with Crippen molar-refractivity contribution in [3.63, 3.8) is 0 Å². The predicted octanol–water partition coefficient (Wildman–Crippen LogP) is 4.74. The van der Waals surface area contributed by atoms with Gasteiger partial charge in [0.2, 0.25) is 0 Å². The molecule has 1 aliphatic heterocycles. The first-order chi connectivity index (χ1) is 17.5. The molecule has 1 aromatic heterocycles. The van der Waals surface area contributed by atoms with E-state index < -0.39 is 6.29 Å². The largest absolute Gasteiger partial charge is 0.392 e. The van der Waals surface area contributed by atoms with Crippen molar-refractivity contribution < 1.29 is 19.4 Å². The Morgan fingerprint density at radius 2 is 1.72 bits per heavy atom. The number of aliphatic hydroxyl groups is 1. The standard InChI is InChI=1S/C26H32N4O4S2/c1-4-27-25(32)28-13-18-5-11-21(12-6-18)24-33-22(15-35-26-30-29-17(3)36-26)16(2)23(34-24)20-9-7-19(14-31)8-10-20/h5-12,16,22-24,31H,4,13-15H2,1-3H3,(H2,27,28,32). The monoisotopic (exact) mass is 528 g/mol. The fourth-order valence-electron chi connectivity index (χ4n) is 4.00. The lowest BCUT2D eigenvalue weighted by atomic mass is 9.91. The van der Waals surface area contributed by atoms with Gasteiger partial charge >= 0.3 is 6.03 Å². The Morgan fingerprint density at radius 1 is 1.03 bits per heavy atom. The molecule has 4 rings (SSSR count). The number of urea groups is 1. The van der Waals surface area contributed by atoms with E-state index in [4.69, 9.17) is 9.47 Å². The van der Waals surface area contributed by atoms with Crippen LogP contribution in [0.5, 0.6) is 0 Å². The van der Waals surface area contributed by atoms with Gasteiger partial charge in [-0.15, -0.1) is 10.2 Å². The van der Waals surface area contributed by atoms with Gasteiger partial charge in [-0.25, -0.2) is 4.79 Å². The maximum atomic E-state index is 11.7.